The lowest BCUT2D eigenvalue weighted by Gasteiger charge is -2.25. The number of ether oxygens (including phenoxy) is 1. The Balaban J connectivity index is 1.76. The molecule has 1 amide bonds. The van der Waals surface area contributed by atoms with E-state index in [-0.39, 0.29) is 13.0 Å². The van der Waals surface area contributed by atoms with Crippen LogP contribution in [0.1, 0.15) is 23.7 Å². The summed E-state index contributed by atoms with van der Waals surface area (Å²) in [5.74, 6) is -1.01. The number of esters is 1. The molecule has 0 saturated heterocycles. The van der Waals surface area contributed by atoms with Gasteiger partial charge in [0, 0.05) is 17.6 Å². The molecule has 0 aliphatic heterocycles. The summed E-state index contributed by atoms with van der Waals surface area (Å²) in [6.45, 7) is 1.73. The third kappa shape index (κ3) is 4.89. The Morgan fingerprint density at radius 2 is 1.93 bits per heavy atom. The highest BCUT2D eigenvalue weighted by Gasteiger charge is 2.25. The molecule has 3 aromatic rings. The van der Waals surface area contributed by atoms with Crippen molar-refractivity contribution in [2.45, 2.75) is 19.4 Å². The number of carbonyl (C=O) groups is 2. The van der Waals surface area contributed by atoms with Gasteiger partial charge in [-0.15, -0.1) is 0 Å². The Hall–Kier alpha value is -3.43. The van der Waals surface area contributed by atoms with Gasteiger partial charge in [-0.05, 0) is 49.4 Å². The maximum atomic E-state index is 12.9. The van der Waals surface area contributed by atoms with Crippen LogP contribution in [0.2, 0.25) is 5.15 Å². The molecule has 0 aliphatic carbocycles. The Bertz CT molecular complexity index is 1080. The molecule has 0 N–H and O–H groups in total. The van der Waals surface area contributed by atoms with E-state index in [2.05, 4.69) is 4.98 Å². The molecule has 7 heteroatoms. The van der Waals surface area contributed by atoms with Crippen molar-refractivity contribution < 1.29 is 14.3 Å². The van der Waals surface area contributed by atoms with Crippen molar-refractivity contribution in [2.24, 2.45) is 0 Å². The predicted molar refractivity (Wildman–Crippen MR) is 111 cm³/mol. The zero-order chi connectivity index (χ0) is 20.8. The number of carbonyl (C=O) groups excluding carboxylic acids is 2. The molecule has 1 atom stereocenters. The van der Waals surface area contributed by atoms with Crippen LogP contribution in [0.3, 0.4) is 0 Å². The maximum absolute atomic E-state index is 12.9. The van der Waals surface area contributed by atoms with Gasteiger partial charge in [0.15, 0.2) is 6.10 Å². The van der Waals surface area contributed by atoms with Crippen LogP contribution < -0.4 is 4.90 Å². The summed E-state index contributed by atoms with van der Waals surface area (Å²) in [6.07, 6.45) is -0.845. The fraction of sp³-hybridized carbons (Fsp3) is 0.182. The van der Waals surface area contributed by atoms with Gasteiger partial charge in [-0.3, -0.25) is 4.79 Å². The van der Waals surface area contributed by atoms with E-state index in [4.69, 9.17) is 21.6 Å². The molecule has 2 aromatic carbocycles. The van der Waals surface area contributed by atoms with Gasteiger partial charge in [0.1, 0.15) is 5.15 Å². The smallest absolute Gasteiger partial charge is 0.338 e. The number of fused-ring (bicyclic) bond motifs is 1. The number of halogens is 1. The lowest BCUT2D eigenvalue weighted by molar-refractivity contribution is -0.126. The normalized spacial score (nSPS) is 11.5. The van der Waals surface area contributed by atoms with E-state index in [0.29, 0.717) is 21.9 Å². The zero-order valence-corrected chi connectivity index (χ0v) is 16.5. The minimum Gasteiger partial charge on any atom is -0.449 e. The standard InChI is InChI=1S/C22H18ClN3O3/c1-15(21(27)26(13-5-12-24)18-6-3-2-4-7-18)29-22(28)17-8-10-19-16(14-17)9-11-20(23)25-19/h2-4,6-11,14-15H,5,13H2,1H3. The second kappa shape index (κ2) is 9.18. The predicted octanol–water partition coefficient (Wildman–Crippen LogP) is 4.38. The lowest BCUT2D eigenvalue weighted by Crippen LogP contribution is -2.40. The van der Waals surface area contributed by atoms with Crippen LogP contribution in [-0.4, -0.2) is 29.5 Å². The average Bonchev–Trinajstić information content (AvgIpc) is 2.74. The van der Waals surface area contributed by atoms with Crippen molar-refractivity contribution in [3.63, 3.8) is 0 Å². The summed E-state index contributed by atoms with van der Waals surface area (Å²) < 4.78 is 5.39. The van der Waals surface area contributed by atoms with Crippen molar-refractivity contribution in [3.8, 4) is 6.07 Å². The molecule has 0 fully saturated rings. The van der Waals surface area contributed by atoms with Gasteiger partial charge in [-0.2, -0.15) is 5.26 Å². The summed E-state index contributed by atoms with van der Waals surface area (Å²) in [5, 5.41) is 10.00. The Kier molecular flexibility index (Phi) is 6.43. The molecule has 0 spiro atoms. The average molecular weight is 408 g/mol. The molecule has 1 unspecified atom stereocenters. The first-order valence-corrected chi connectivity index (χ1v) is 9.38. The number of benzene rings is 2. The molecule has 0 saturated carbocycles. The van der Waals surface area contributed by atoms with Crippen LogP contribution in [0.4, 0.5) is 5.69 Å². The number of hydrogen-bond acceptors (Lipinski definition) is 5. The van der Waals surface area contributed by atoms with E-state index in [1.54, 1.807) is 54.6 Å². The molecule has 6 nitrogen and oxygen atoms in total. The molecule has 0 bridgehead atoms. The van der Waals surface area contributed by atoms with Crippen molar-refractivity contribution >= 4 is 40.1 Å². The molecule has 1 aromatic heterocycles. The summed E-state index contributed by atoms with van der Waals surface area (Å²) >= 11 is 5.88. The summed E-state index contributed by atoms with van der Waals surface area (Å²) in [4.78, 5) is 31.1. The highest BCUT2D eigenvalue weighted by Crippen LogP contribution is 2.19. The van der Waals surface area contributed by atoms with Gasteiger partial charge in [0.05, 0.1) is 23.6 Å². The van der Waals surface area contributed by atoms with Gasteiger partial charge in [-0.1, -0.05) is 29.8 Å². The van der Waals surface area contributed by atoms with Crippen LogP contribution in [-0.2, 0) is 9.53 Å². The largest absolute Gasteiger partial charge is 0.449 e. The number of nitrogens with zero attached hydrogens (tertiary/aromatic N) is 3. The second-order valence-electron chi connectivity index (χ2n) is 6.32. The number of aromatic nitrogens is 1. The van der Waals surface area contributed by atoms with E-state index >= 15 is 0 Å². The molecule has 0 radical (unpaired) electrons. The number of para-hydroxylation sites is 1. The zero-order valence-electron chi connectivity index (χ0n) is 15.7. The highest BCUT2D eigenvalue weighted by atomic mass is 35.5. The van der Waals surface area contributed by atoms with Gasteiger partial charge in [-0.25, -0.2) is 9.78 Å². The van der Waals surface area contributed by atoms with Gasteiger partial charge >= 0.3 is 5.97 Å². The van der Waals surface area contributed by atoms with E-state index in [1.807, 2.05) is 12.1 Å². The van der Waals surface area contributed by atoms with E-state index in [0.717, 1.165) is 5.39 Å². The van der Waals surface area contributed by atoms with Gasteiger partial charge in [0.25, 0.3) is 5.91 Å². The van der Waals surface area contributed by atoms with Crippen molar-refractivity contribution in [2.75, 3.05) is 11.4 Å². The maximum Gasteiger partial charge on any atom is 0.338 e. The van der Waals surface area contributed by atoms with Gasteiger partial charge < -0.3 is 9.64 Å². The molecule has 146 valence electrons. The number of hydrogen-bond donors (Lipinski definition) is 0. The number of pyridine rings is 1. The van der Waals surface area contributed by atoms with E-state index < -0.39 is 18.0 Å². The first-order chi connectivity index (χ1) is 14.0. The van der Waals surface area contributed by atoms with Crippen LogP contribution in [0.5, 0.6) is 0 Å². The fourth-order valence-corrected chi connectivity index (χ4v) is 3.02. The quantitative estimate of drug-likeness (QED) is 0.447. The Labute approximate surface area is 173 Å². The molecule has 1 heterocycles. The van der Waals surface area contributed by atoms with Crippen LogP contribution >= 0.6 is 11.6 Å². The Morgan fingerprint density at radius 3 is 2.66 bits per heavy atom. The Morgan fingerprint density at radius 1 is 1.17 bits per heavy atom. The van der Waals surface area contributed by atoms with E-state index in [1.165, 1.54) is 11.8 Å². The number of rotatable bonds is 6. The first-order valence-electron chi connectivity index (χ1n) is 9.00. The monoisotopic (exact) mass is 407 g/mol. The SMILES string of the molecule is CC(OC(=O)c1ccc2nc(Cl)ccc2c1)C(=O)N(CCC#N)c1ccccc1. The molecular formula is C22H18ClN3O3. The van der Waals surface area contributed by atoms with Crippen molar-refractivity contribution in [1.82, 2.24) is 4.98 Å². The number of amides is 1. The van der Waals surface area contributed by atoms with Crippen LogP contribution in [0, 0.1) is 11.3 Å². The van der Waals surface area contributed by atoms with Gasteiger partial charge in [0.2, 0.25) is 0 Å². The third-order valence-electron chi connectivity index (χ3n) is 4.30. The molecule has 3 rings (SSSR count). The van der Waals surface area contributed by atoms with Crippen LogP contribution in [0.15, 0.2) is 60.7 Å². The fourth-order valence-electron chi connectivity index (χ4n) is 2.86. The minimum absolute atomic E-state index is 0.168. The minimum atomic E-state index is -1.01. The van der Waals surface area contributed by atoms with E-state index in [9.17, 15) is 9.59 Å². The topological polar surface area (TPSA) is 83.3 Å². The number of nitriles is 1. The first kappa shape index (κ1) is 20.3. The molecule has 29 heavy (non-hydrogen) atoms. The molecule has 0 aliphatic rings. The number of anilines is 1. The summed E-state index contributed by atoms with van der Waals surface area (Å²) in [6, 6.07) is 19.3. The highest BCUT2D eigenvalue weighted by molar-refractivity contribution is 6.29. The van der Waals surface area contributed by atoms with Crippen molar-refractivity contribution in [3.05, 3.63) is 71.4 Å². The molecular weight excluding hydrogens is 390 g/mol. The summed E-state index contributed by atoms with van der Waals surface area (Å²) in [7, 11) is 0. The summed E-state index contributed by atoms with van der Waals surface area (Å²) in [5.41, 5.74) is 1.61. The van der Waals surface area contributed by atoms with Crippen LogP contribution in [0.25, 0.3) is 10.9 Å². The second-order valence-corrected chi connectivity index (χ2v) is 6.71. The third-order valence-corrected chi connectivity index (χ3v) is 4.51. The van der Waals surface area contributed by atoms with Crippen molar-refractivity contribution in [1.29, 1.82) is 5.26 Å². The lowest BCUT2D eigenvalue weighted by atomic mass is 10.1.